The van der Waals surface area contributed by atoms with Crippen molar-refractivity contribution in [2.24, 2.45) is 11.7 Å². The summed E-state index contributed by atoms with van der Waals surface area (Å²) >= 11 is 0. The molecule has 0 saturated heterocycles. The van der Waals surface area contributed by atoms with Crippen LogP contribution in [0.3, 0.4) is 0 Å². The topological polar surface area (TPSA) is 92.4 Å². The lowest BCUT2D eigenvalue weighted by atomic mass is 9.84. The summed E-state index contributed by atoms with van der Waals surface area (Å²) in [5.41, 5.74) is 11.9. The summed E-state index contributed by atoms with van der Waals surface area (Å²) in [6.45, 7) is 11.5. The summed E-state index contributed by atoms with van der Waals surface area (Å²) < 4.78 is 0. The van der Waals surface area contributed by atoms with E-state index in [0.717, 1.165) is 5.56 Å². The molecule has 2 atom stereocenters. The van der Waals surface area contributed by atoms with Gasteiger partial charge in [0.2, 0.25) is 0 Å². The summed E-state index contributed by atoms with van der Waals surface area (Å²) in [4.78, 5) is 23.7. The monoisotopic (exact) mass is 486 g/mol. The maximum atomic E-state index is 12.8. The highest BCUT2D eigenvalue weighted by molar-refractivity contribution is 5.94. The van der Waals surface area contributed by atoms with E-state index in [-0.39, 0.29) is 23.7 Å². The number of aliphatic carboxylic acids is 1. The fraction of sp³-hybridized carbons (Fsp3) is 0.355. The van der Waals surface area contributed by atoms with E-state index >= 15 is 0 Å². The zero-order chi connectivity index (χ0) is 26.5. The molecule has 0 aliphatic heterocycles. The first-order valence-corrected chi connectivity index (χ1v) is 12.5. The SMILES string of the molecule is CC(C)[C@@H](CNC(=O)c1ccc(C[C@H](N)C(=O)O)cc1)c1ccc(-c2cccc(C(C)(C)C)c2)cc1. The van der Waals surface area contributed by atoms with Crippen LogP contribution in [0.15, 0.2) is 72.8 Å². The number of nitrogens with two attached hydrogens (primary N) is 1. The highest BCUT2D eigenvalue weighted by Crippen LogP contribution is 2.30. The minimum Gasteiger partial charge on any atom is -0.480 e. The highest BCUT2D eigenvalue weighted by Gasteiger charge is 2.19. The third-order valence-electron chi connectivity index (χ3n) is 6.68. The van der Waals surface area contributed by atoms with E-state index < -0.39 is 12.0 Å². The maximum Gasteiger partial charge on any atom is 0.320 e. The number of amides is 1. The molecule has 1 amide bonds. The van der Waals surface area contributed by atoms with Gasteiger partial charge in [0.25, 0.3) is 5.91 Å². The molecular formula is C31H38N2O3. The molecule has 36 heavy (non-hydrogen) atoms. The van der Waals surface area contributed by atoms with E-state index in [1.807, 2.05) is 0 Å². The molecule has 0 aliphatic carbocycles. The molecule has 0 bridgehead atoms. The lowest BCUT2D eigenvalue weighted by molar-refractivity contribution is -0.138. The number of rotatable bonds is 9. The molecule has 3 aromatic carbocycles. The summed E-state index contributed by atoms with van der Waals surface area (Å²) in [7, 11) is 0. The van der Waals surface area contributed by atoms with Crippen LogP contribution in [0.5, 0.6) is 0 Å². The van der Waals surface area contributed by atoms with Crippen molar-refractivity contribution in [3.05, 3.63) is 95.1 Å². The third kappa shape index (κ3) is 7.05. The Balaban J connectivity index is 1.67. The molecule has 0 fully saturated rings. The van der Waals surface area contributed by atoms with Crippen LogP contribution < -0.4 is 11.1 Å². The van der Waals surface area contributed by atoms with Crippen molar-refractivity contribution in [2.75, 3.05) is 6.54 Å². The number of hydrogen-bond acceptors (Lipinski definition) is 3. The van der Waals surface area contributed by atoms with Gasteiger partial charge in [0.05, 0.1) is 0 Å². The van der Waals surface area contributed by atoms with Crippen LogP contribution in [0, 0.1) is 5.92 Å². The Bertz CT molecular complexity index is 1180. The number of carbonyl (C=O) groups excluding carboxylic acids is 1. The van der Waals surface area contributed by atoms with Crippen molar-refractivity contribution in [1.29, 1.82) is 0 Å². The average molecular weight is 487 g/mol. The summed E-state index contributed by atoms with van der Waals surface area (Å²) in [6, 6.07) is 23.3. The number of benzene rings is 3. The maximum absolute atomic E-state index is 12.8. The zero-order valence-electron chi connectivity index (χ0n) is 21.9. The van der Waals surface area contributed by atoms with Crippen LogP contribution in [-0.4, -0.2) is 29.6 Å². The fourth-order valence-electron chi connectivity index (χ4n) is 4.26. The molecule has 0 aliphatic rings. The second kappa shape index (κ2) is 11.5. The third-order valence-corrected chi connectivity index (χ3v) is 6.68. The van der Waals surface area contributed by atoms with Gasteiger partial charge in [-0.3, -0.25) is 9.59 Å². The highest BCUT2D eigenvalue weighted by atomic mass is 16.4. The zero-order valence-corrected chi connectivity index (χ0v) is 21.9. The smallest absolute Gasteiger partial charge is 0.320 e. The van der Waals surface area contributed by atoms with Crippen LogP contribution >= 0.6 is 0 Å². The number of carboxylic acid groups (broad SMARTS) is 1. The van der Waals surface area contributed by atoms with E-state index in [1.54, 1.807) is 24.3 Å². The van der Waals surface area contributed by atoms with Crippen molar-refractivity contribution in [3.63, 3.8) is 0 Å². The van der Waals surface area contributed by atoms with Gasteiger partial charge in [0.1, 0.15) is 6.04 Å². The van der Waals surface area contributed by atoms with Crippen LogP contribution in [0.1, 0.15) is 67.6 Å². The molecule has 0 unspecified atom stereocenters. The van der Waals surface area contributed by atoms with Crippen molar-refractivity contribution in [1.82, 2.24) is 5.32 Å². The van der Waals surface area contributed by atoms with Gasteiger partial charge in [-0.2, -0.15) is 0 Å². The van der Waals surface area contributed by atoms with E-state index in [1.165, 1.54) is 22.3 Å². The molecular weight excluding hydrogens is 448 g/mol. The van der Waals surface area contributed by atoms with Crippen molar-refractivity contribution in [3.8, 4) is 11.1 Å². The molecule has 190 valence electrons. The van der Waals surface area contributed by atoms with Crippen molar-refractivity contribution < 1.29 is 14.7 Å². The summed E-state index contributed by atoms with van der Waals surface area (Å²) in [5.74, 6) is -0.662. The molecule has 0 radical (unpaired) electrons. The molecule has 0 heterocycles. The first-order chi connectivity index (χ1) is 17.0. The number of carbonyl (C=O) groups is 2. The second-order valence-electron chi connectivity index (χ2n) is 10.9. The quantitative estimate of drug-likeness (QED) is 0.358. The van der Waals surface area contributed by atoms with E-state index in [2.05, 4.69) is 88.5 Å². The molecule has 5 nitrogen and oxygen atoms in total. The average Bonchev–Trinajstić information content (AvgIpc) is 2.84. The van der Waals surface area contributed by atoms with Gasteiger partial charge >= 0.3 is 5.97 Å². The number of carboxylic acids is 1. The lowest BCUT2D eigenvalue weighted by Gasteiger charge is -2.23. The Hall–Kier alpha value is -3.44. The summed E-state index contributed by atoms with van der Waals surface area (Å²) in [6.07, 6.45) is 0.225. The molecule has 5 heteroatoms. The van der Waals surface area contributed by atoms with Crippen LogP contribution in [-0.2, 0) is 16.6 Å². The fourth-order valence-corrected chi connectivity index (χ4v) is 4.26. The predicted octanol–water partition coefficient (Wildman–Crippen LogP) is 5.78. The van der Waals surface area contributed by atoms with Gasteiger partial charge in [0, 0.05) is 18.0 Å². The van der Waals surface area contributed by atoms with Gasteiger partial charge < -0.3 is 16.2 Å². The van der Waals surface area contributed by atoms with Gasteiger partial charge in [-0.15, -0.1) is 0 Å². The standard InChI is InChI=1S/C31H38N2O3/c1-20(2)27(19-33-29(34)24-11-9-21(10-12-24)17-28(32)30(35)36)23-15-13-22(14-16-23)25-7-6-8-26(18-25)31(3,4)5/h6-16,18,20,27-28H,17,19,32H2,1-5H3,(H,33,34)(H,35,36)/t27-,28+/m1/s1. The van der Waals surface area contributed by atoms with Gasteiger partial charge in [-0.05, 0) is 57.7 Å². The van der Waals surface area contributed by atoms with Crippen LogP contribution in [0.4, 0.5) is 0 Å². The molecule has 0 spiro atoms. The molecule has 0 saturated carbocycles. The molecule has 3 rings (SSSR count). The molecule has 4 N–H and O–H groups in total. The van der Waals surface area contributed by atoms with Crippen molar-refractivity contribution in [2.45, 2.75) is 58.4 Å². The van der Waals surface area contributed by atoms with Crippen LogP contribution in [0.25, 0.3) is 11.1 Å². The van der Waals surface area contributed by atoms with Gasteiger partial charge in [0.15, 0.2) is 0 Å². The van der Waals surface area contributed by atoms with E-state index in [0.29, 0.717) is 18.0 Å². The number of hydrogen-bond donors (Lipinski definition) is 3. The first-order valence-electron chi connectivity index (χ1n) is 12.5. The first kappa shape index (κ1) is 27.2. The van der Waals surface area contributed by atoms with Gasteiger partial charge in [-0.25, -0.2) is 0 Å². The van der Waals surface area contributed by atoms with E-state index in [9.17, 15) is 9.59 Å². The Morgan fingerprint density at radius 3 is 2.11 bits per heavy atom. The Labute approximate surface area is 214 Å². The molecule has 0 aromatic heterocycles. The van der Waals surface area contributed by atoms with Crippen LogP contribution in [0.2, 0.25) is 0 Å². The second-order valence-corrected chi connectivity index (χ2v) is 10.9. The van der Waals surface area contributed by atoms with E-state index in [4.69, 9.17) is 10.8 Å². The van der Waals surface area contributed by atoms with Crippen molar-refractivity contribution >= 4 is 11.9 Å². The summed E-state index contributed by atoms with van der Waals surface area (Å²) in [5, 5.41) is 12.0. The number of nitrogens with one attached hydrogen (secondary N) is 1. The minimum atomic E-state index is -1.04. The Morgan fingerprint density at radius 1 is 0.917 bits per heavy atom. The normalized spacial score (nSPS) is 13.3. The molecule has 3 aromatic rings. The Kier molecular flexibility index (Phi) is 8.70. The Morgan fingerprint density at radius 2 is 1.56 bits per heavy atom. The largest absolute Gasteiger partial charge is 0.480 e. The lowest BCUT2D eigenvalue weighted by Crippen LogP contribution is -2.32. The van der Waals surface area contributed by atoms with Gasteiger partial charge in [-0.1, -0.05) is 95.3 Å². The minimum absolute atomic E-state index is 0.0997. The predicted molar refractivity (Wildman–Crippen MR) is 146 cm³/mol.